The predicted octanol–water partition coefficient (Wildman–Crippen LogP) is 3.28. The van der Waals surface area contributed by atoms with E-state index in [0.29, 0.717) is 55.0 Å². The van der Waals surface area contributed by atoms with Crippen LogP contribution in [0.15, 0.2) is 53.2 Å². The van der Waals surface area contributed by atoms with Crippen molar-refractivity contribution in [3.63, 3.8) is 0 Å². The molecule has 0 unspecified atom stereocenters. The van der Waals surface area contributed by atoms with Crippen molar-refractivity contribution in [2.75, 3.05) is 31.1 Å². The van der Waals surface area contributed by atoms with Crippen LogP contribution in [0.3, 0.4) is 0 Å². The summed E-state index contributed by atoms with van der Waals surface area (Å²) in [5.74, 6) is 0.519. The molecule has 1 saturated heterocycles. The molecule has 1 aliphatic rings. The molecule has 0 saturated carbocycles. The van der Waals surface area contributed by atoms with Crippen molar-refractivity contribution in [3.05, 3.63) is 71.2 Å². The number of carbonyl (C=O) groups is 1. The van der Waals surface area contributed by atoms with Gasteiger partial charge in [0.15, 0.2) is 5.76 Å². The number of furan rings is 1. The van der Waals surface area contributed by atoms with E-state index in [-0.39, 0.29) is 11.7 Å². The summed E-state index contributed by atoms with van der Waals surface area (Å²) in [5, 5.41) is 4.64. The Morgan fingerprint density at radius 2 is 1.93 bits per heavy atom. The van der Waals surface area contributed by atoms with E-state index in [0.717, 1.165) is 0 Å². The Hall–Kier alpha value is -2.80. The lowest BCUT2D eigenvalue weighted by molar-refractivity contribution is 0.0712. The van der Waals surface area contributed by atoms with Gasteiger partial charge in [-0.3, -0.25) is 9.48 Å². The van der Waals surface area contributed by atoms with E-state index < -0.39 is 0 Å². The van der Waals surface area contributed by atoms with Gasteiger partial charge in [-0.15, -0.1) is 0 Å². The second-order valence-electron chi connectivity index (χ2n) is 6.35. The van der Waals surface area contributed by atoms with Crippen molar-refractivity contribution < 1.29 is 13.6 Å². The van der Waals surface area contributed by atoms with Crippen molar-refractivity contribution >= 4 is 23.2 Å². The van der Waals surface area contributed by atoms with Gasteiger partial charge in [0.25, 0.3) is 5.91 Å². The predicted molar refractivity (Wildman–Crippen MR) is 99.6 cm³/mol. The third-order valence-electron chi connectivity index (χ3n) is 4.55. The highest BCUT2D eigenvalue weighted by atomic mass is 35.5. The van der Waals surface area contributed by atoms with Gasteiger partial charge in [0, 0.05) is 32.4 Å². The Bertz CT molecular complexity index is 947. The molecule has 1 aromatic carbocycles. The van der Waals surface area contributed by atoms with E-state index >= 15 is 0 Å². The number of hydrogen-bond acceptors (Lipinski definition) is 4. The fourth-order valence-electron chi connectivity index (χ4n) is 3.18. The fraction of sp³-hybridized carbons (Fsp3) is 0.263. The van der Waals surface area contributed by atoms with Crippen LogP contribution in [0.2, 0.25) is 5.02 Å². The first-order valence-electron chi connectivity index (χ1n) is 8.65. The van der Waals surface area contributed by atoms with Crippen LogP contribution in [-0.2, 0) is 6.54 Å². The molecule has 4 rings (SSSR count). The van der Waals surface area contributed by atoms with Gasteiger partial charge < -0.3 is 14.2 Å². The molecule has 8 heteroatoms. The third kappa shape index (κ3) is 3.83. The van der Waals surface area contributed by atoms with Crippen molar-refractivity contribution in [2.24, 2.45) is 0 Å². The van der Waals surface area contributed by atoms with Crippen molar-refractivity contribution in [2.45, 2.75) is 6.54 Å². The Morgan fingerprint density at radius 3 is 2.63 bits per heavy atom. The maximum atomic E-state index is 13.9. The standard InChI is InChI=1S/C19H18ClFN4O2/c20-14-11-22-25(12-14)13-15-5-6-18(27-15)19(26)24-9-7-23(8-10-24)17-4-2-1-3-16(17)21/h1-6,11-12H,7-10,13H2. The van der Waals surface area contributed by atoms with Gasteiger partial charge in [-0.05, 0) is 24.3 Å². The normalized spacial score (nSPS) is 14.6. The first kappa shape index (κ1) is 17.6. The van der Waals surface area contributed by atoms with E-state index in [1.807, 2.05) is 11.0 Å². The minimum absolute atomic E-state index is 0.159. The molecule has 2 aromatic heterocycles. The Balaban J connectivity index is 1.37. The molecular formula is C19H18ClFN4O2. The fourth-order valence-corrected chi connectivity index (χ4v) is 3.33. The van der Waals surface area contributed by atoms with Gasteiger partial charge in [0.1, 0.15) is 11.6 Å². The molecule has 0 spiro atoms. The number of hydrogen-bond donors (Lipinski definition) is 0. The van der Waals surface area contributed by atoms with Crippen LogP contribution in [-0.4, -0.2) is 46.8 Å². The van der Waals surface area contributed by atoms with Crippen LogP contribution in [0.1, 0.15) is 16.3 Å². The van der Waals surface area contributed by atoms with Gasteiger partial charge in [0.2, 0.25) is 0 Å². The van der Waals surface area contributed by atoms with Gasteiger partial charge in [-0.25, -0.2) is 4.39 Å². The summed E-state index contributed by atoms with van der Waals surface area (Å²) >= 11 is 5.85. The number of nitrogens with zero attached hydrogens (tertiary/aromatic N) is 4. The Kier molecular flexibility index (Phi) is 4.85. The lowest BCUT2D eigenvalue weighted by Gasteiger charge is -2.35. The SMILES string of the molecule is O=C(c1ccc(Cn2cc(Cl)cn2)o1)N1CCN(c2ccccc2F)CC1. The molecular weight excluding hydrogens is 371 g/mol. The molecule has 1 amide bonds. The van der Waals surface area contributed by atoms with Gasteiger partial charge >= 0.3 is 0 Å². The quantitative estimate of drug-likeness (QED) is 0.688. The van der Waals surface area contributed by atoms with Gasteiger partial charge in [-0.1, -0.05) is 23.7 Å². The van der Waals surface area contributed by atoms with Crippen molar-refractivity contribution in [1.29, 1.82) is 0 Å². The lowest BCUT2D eigenvalue weighted by atomic mass is 10.2. The van der Waals surface area contributed by atoms with Crippen LogP contribution in [0.5, 0.6) is 0 Å². The molecule has 1 aliphatic heterocycles. The minimum Gasteiger partial charge on any atom is -0.454 e. The Morgan fingerprint density at radius 1 is 1.15 bits per heavy atom. The number of benzene rings is 1. The monoisotopic (exact) mass is 388 g/mol. The number of halogens is 2. The van der Waals surface area contributed by atoms with Gasteiger partial charge in [0.05, 0.1) is 23.5 Å². The summed E-state index contributed by atoms with van der Waals surface area (Å²) in [6, 6.07) is 10.1. The molecule has 1 fully saturated rings. The van der Waals surface area contributed by atoms with Crippen molar-refractivity contribution in [1.82, 2.24) is 14.7 Å². The number of para-hydroxylation sites is 1. The number of piperazine rings is 1. The van der Waals surface area contributed by atoms with E-state index in [1.54, 1.807) is 46.2 Å². The smallest absolute Gasteiger partial charge is 0.289 e. The van der Waals surface area contributed by atoms with Gasteiger partial charge in [-0.2, -0.15) is 5.10 Å². The number of rotatable bonds is 4. The van der Waals surface area contributed by atoms with E-state index in [1.165, 1.54) is 6.07 Å². The van der Waals surface area contributed by atoms with E-state index in [9.17, 15) is 9.18 Å². The molecule has 6 nitrogen and oxygen atoms in total. The van der Waals surface area contributed by atoms with E-state index in [4.69, 9.17) is 16.0 Å². The molecule has 0 aliphatic carbocycles. The average Bonchev–Trinajstić information content (AvgIpc) is 3.31. The largest absolute Gasteiger partial charge is 0.454 e. The number of aromatic nitrogens is 2. The first-order chi connectivity index (χ1) is 13.1. The van der Waals surface area contributed by atoms with E-state index in [2.05, 4.69) is 5.10 Å². The van der Waals surface area contributed by atoms with Crippen LogP contribution in [0.25, 0.3) is 0 Å². The summed E-state index contributed by atoms with van der Waals surface area (Å²) in [4.78, 5) is 16.4. The summed E-state index contributed by atoms with van der Waals surface area (Å²) in [5.41, 5.74) is 0.572. The maximum absolute atomic E-state index is 13.9. The Labute approximate surface area is 160 Å². The molecule has 27 heavy (non-hydrogen) atoms. The van der Waals surface area contributed by atoms with Crippen molar-refractivity contribution in [3.8, 4) is 0 Å². The van der Waals surface area contributed by atoms with Crippen LogP contribution < -0.4 is 4.90 Å². The second-order valence-corrected chi connectivity index (χ2v) is 6.79. The molecule has 140 valence electrons. The highest BCUT2D eigenvalue weighted by molar-refractivity contribution is 6.30. The summed E-state index contributed by atoms with van der Waals surface area (Å²) < 4.78 is 21.2. The summed E-state index contributed by atoms with van der Waals surface area (Å²) in [7, 11) is 0. The lowest BCUT2D eigenvalue weighted by Crippen LogP contribution is -2.49. The molecule has 0 atom stereocenters. The number of anilines is 1. The molecule has 3 heterocycles. The topological polar surface area (TPSA) is 54.5 Å². The molecule has 3 aromatic rings. The zero-order chi connectivity index (χ0) is 18.8. The number of amides is 1. The maximum Gasteiger partial charge on any atom is 0.289 e. The summed E-state index contributed by atoms with van der Waals surface area (Å²) in [6.07, 6.45) is 3.24. The number of carbonyl (C=O) groups excluding carboxylic acids is 1. The zero-order valence-electron chi connectivity index (χ0n) is 14.5. The highest BCUT2D eigenvalue weighted by Crippen LogP contribution is 2.21. The van der Waals surface area contributed by atoms with Crippen LogP contribution in [0.4, 0.5) is 10.1 Å². The highest BCUT2D eigenvalue weighted by Gasteiger charge is 2.25. The molecule has 0 bridgehead atoms. The third-order valence-corrected chi connectivity index (χ3v) is 4.75. The summed E-state index contributed by atoms with van der Waals surface area (Å²) in [6.45, 7) is 2.58. The molecule has 0 radical (unpaired) electrons. The second kappa shape index (κ2) is 7.44. The molecule has 0 N–H and O–H groups in total. The van der Waals surface area contributed by atoms with Crippen LogP contribution in [0, 0.1) is 5.82 Å². The first-order valence-corrected chi connectivity index (χ1v) is 9.03. The van der Waals surface area contributed by atoms with Crippen LogP contribution >= 0.6 is 11.6 Å². The minimum atomic E-state index is -0.244. The average molecular weight is 389 g/mol. The zero-order valence-corrected chi connectivity index (χ0v) is 15.3.